The van der Waals surface area contributed by atoms with Crippen LogP contribution in [0.2, 0.25) is 0 Å². The minimum atomic E-state index is -0.694. The van der Waals surface area contributed by atoms with Crippen molar-refractivity contribution in [3.63, 3.8) is 0 Å². The summed E-state index contributed by atoms with van der Waals surface area (Å²) in [5, 5.41) is 0. The average molecular weight is 288 g/mol. The van der Waals surface area contributed by atoms with Crippen LogP contribution in [0.4, 0.5) is 8.78 Å². The molecule has 0 saturated heterocycles. The van der Waals surface area contributed by atoms with Crippen LogP contribution in [-0.2, 0) is 4.79 Å². The van der Waals surface area contributed by atoms with Crippen LogP contribution in [-0.4, -0.2) is 18.2 Å². The van der Waals surface area contributed by atoms with Gasteiger partial charge in [0.25, 0.3) is 0 Å². The molecule has 21 heavy (non-hydrogen) atoms. The molecule has 0 bridgehead atoms. The van der Waals surface area contributed by atoms with Gasteiger partial charge >= 0.3 is 0 Å². The number of rotatable bonds is 7. The maximum Gasteiger partial charge on any atom is 0.185 e. The first kappa shape index (κ1) is 16.4. The highest BCUT2D eigenvalue weighted by molar-refractivity contribution is 6.12. The van der Waals surface area contributed by atoms with Gasteiger partial charge in [-0.15, -0.1) is 0 Å². The number of benzene rings is 1. The summed E-state index contributed by atoms with van der Waals surface area (Å²) >= 11 is 0. The van der Waals surface area contributed by atoms with Crippen molar-refractivity contribution >= 4 is 11.6 Å². The van der Waals surface area contributed by atoms with Crippen LogP contribution < -0.4 is 0 Å². The van der Waals surface area contributed by atoms with Crippen molar-refractivity contribution in [3.8, 4) is 0 Å². The molecule has 2 nitrogen and oxygen atoms in total. The third-order valence-corrected chi connectivity index (χ3v) is 2.48. The normalized spacial score (nSPS) is 12.0. The lowest BCUT2D eigenvalue weighted by Crippen LogP contribution is -1.99. The summed E-state index contributed by atoms with van der Waals surface area (Å²) < 4.78 is 24.8. The average Bonchev–Trinajstić information content (AvgIpc) is 2.49. The highest BCUT2D eigenvalue weighted by Crippen LogP contribution is 2.06. The molecule has 0 aliphatic rings. The number of hydrogen-bond acceptors (Lipinski definition) is 2. The Bertz CT molecular complexity index is 608. The molecule has 0 aliphatic carbocycles. The zero-order chi connectivity index (χ0) is 15.7. The SMILES string of the molecule is C=C/C=C(\C=C/CF)C(=O)/C=C/C(=O)c1ccc(F)cc1. The zero-order valence-electron chi connectivity index (χ0n) is 11.3. The quantitative estimate of drug-likeness (QED) is 0.435. The Morgan fingerprint density at radius 1 is 1.10 bits per heavy atom. The Hall–Kier alpha value is -2.62. The lowest BCUT2D eigenvalue weighted by atomic mass is 10.1. The summed E-state index contributed by atoms with van der Waals surface area (Å²) in [5.41, 5.74) is 0.486. The third-order valence-electron chi connectivity index (χ3n) is 2.48. The molecule has 1 rings (SSSR count). The summed E-state index contributed by atoms with van der Waals surface area (Å²) in [7, 11) is 0. The van der Waals surface area contributed by atoms with E-state index in [-0.39, 0.29) is 11.1 Å². The van der Waals surface area contributed by atoms with E-state index in [0.717, 1.165) is 24.3 Å². The van der Waals surface area contributed by atoms with Crippen molar-refractivity contribution in [2.24, 2.45) is 0 Å². The minimum Gasteiger partial charge on any atom is -0.289 e. The largest absolute Gasteiger partial charge is 0.289 e. The van der Waals surface area contributed by atoms with Gasteiger partial charge in [-0.25, -0.2) is 8.78 Å². The summed E-state index contributed by atoms with van der Waals surface area (Å²) in [4.78, 5) is 23.6. The number of carbonyl (C=O) groups is 2. The first-order valence-corrected chi connectivity index (χ1v) is 6.16. The van der Waals surface area contributed by atoms with Gasteiger partial charge in [0.2, 0.25) is 0 Å². The first-order valence-electron chi connectivity index (χ1n) is 6.16. The molecule has 0 N–H and O–H groups in total. The van der Waals surface area contributed by atoms with Gasteiger partial charge in [-0.3, -0.25) is 9.59 Å². The molecule has 0 amide bonds. The molecule has 0 atom stereocenters. The van der Waals surface area contributed by atoms with E-state index in [2.05, 4.69) is 6.58 Å². The molecule has 0 saturated carbocycles. The van der Waals surface area contributed by atoms with Crippen LogP contribution in [0.25, 0.3) is 0 Å². The van der Waals surface area contributed by atoms with Crippen molar-refractivity contribution in [3.05, 3.63) is 84.3 Å². The first-order chi connectivity index (χ1) is 10.1. The van der Waals surface area contributed by atoms with Crippen molar-refractivity contribution in [2.75, 3.05) is 6.67 Å². The number of carbonyl (C=O) groups excluding carboxylic acids is 2. The highest BCUT2D eigenvalue weighted by Gasteiger charge is 2.05. The molecular weight excluding hydrogens is 274 g/mol. The van der Waals surface area contributed by atoms with Crippen LogP contribution in [0.3, 0.4) is 0 Å². The number of hydrogen-bond donors (Lipinski definition) is 0. The predicted molar refractivity (Wildman–Crippen MR) is 78.3 cm³/mol. The Morgan fingerprint density at radius 2 is 1.76 bits per heavy atom. The fraction of sp³-hybridized carbons (Fsp3) is 0.0588. The molecule has 0 spiro atoms. The summed E-state index contributed by atoms with van der Waals surface area (Å²) in [6.45, 7) is 2.76. The molecule has 0 unspecified atom stereocenters. The Morgan fingerprint density at radius 3 is 2.33 bits per heavy atom. The third kappa shape index (κ3) is 5.48. The fourth-order valence-electron chi connectivity index (χ4n) is 1.48. The maximum absolute atomic E-state index is 12.7. The second-order valence-electron chi connectivity index (χ2n) is 3.98. The molecule has 0 aliphatic heterocycles. The van der Waals surface area contributed by atoms with Crippen LogP contribution >= 0.6 is 0 Å². The molecule has 0 radical (unpaired) electrons. The Balaban J connectivity index is 2.82. The Labute approximate surface area is 121 Å². The van der Waals surface area contributed by atoms with Crippen molar-refractivity contribution in [1.82, 2.24) is 0 Å². The molecule has 1 aromatic carbocycles. The van der Waals surface area contributed by atoms with Crippen molar-refractivity contribution < 1.29 is 18.4 Å². The number of halogens is 2. The van der Waals surface area contributed by atoms with Gasteiger partial charge in [-0.05, 0) is 36.4 Å². The predicted octanol–water partition coefficient (Wildman–Crippen LogP) is 3.77. The molecule has 108 valence electrons. The second kappa shape index (κ2) is 8.53. The molecule has 4 heteroatoms. The van der Waals surface area contributed by atoms with Gasteiger partial charge in [0, 0.05) is 11.1 Å². The zero-order valence-corrected chi connectivity index (χ0v) is 11.3. The fourth-order valence-corrected chi connectivity index (χ4v) is 1.48. The number of ketones is 2. The van der Waals surface area contributed by atoms with Crippen LogP contribution in [0, 0.1) is 5.82 Å². The molecular formula is C17H14F2O2. The van der Waals surface area contributed by atoms with Gasteiger partial charge in [0.05, 0.1) is 0 Å². The van der Waals surface area contributed by atoms with Gasteiger partial charge in [0.1, 0.15) is 12.5 Å². The van der Waals surface area contributed by atoms with Crippen LogP contribution in [0.1, 0.15) is 10.4 Å². The van der Waals surface area contributed by atoms with Gasteiger partial charge in [-0.2, -0.15) is 0 Å². The van der Waals surface area contributed by atoms with Gasteiger partial charge in [0.15, 0.2) is 11.6 Å². The smallest absolute Gasteiger partial charge is 0.185 e. The number of allylic oxidation sites excluding steroid dienone is 7. The van der Waals surface area contributed by atoms with Gasteiger partial charge in [-0.1, -0.05) is 30.9 Å². The highest BCUT2D eigenvalue weighted by atomic mass is 19.1. The second-order valence-corrected chi connectivity index (χ2v) is 3.98. The van der Waals surface area contributed by atoms with Gasteiger partial charge < -0.3 is 0 Å². The monoisotopic (exact) mass is 288 g/mol. The molecule has 0 heterocycles. The molecule has 0 fully saturated rings. The van der Waals surface area contributed by atoms with Crippen molar-refractivity contribution in [1.29, 1.82) is 0 Å². The lowest BCUT2D eigenvalue weighted by Gasteiger charge is -1.97. The standard InChI is InChI=1S/C17H14F2O2/c1-2-4-13(5-3-12-18)16(20)10-11-17(21)14-6-8-15(19)9-7-14/h2-11H,1,12H2/b5-3-,11-10+,13-4+. The van der Waals surface area contributed by atoms with E-state index in [0.29, 0.717) is 0 Å². The summed E-state index contributed by atoms with van der Waals surface area (Å²) in [5.74, 6) is -1.31. The topological polar surface area (TPSA) is 34.1 Å². The van der Waals surface area contributed by atoms with Crippen LogP contribution in [0.5, 0.6) is 0 Å². The lowest BCUT2D eigenvalue weighted by molar-refractivity contribution is -0.111. The number of alkyl halides is 1. The van der Waals surface area contributed by atoms with E-state index in [1.54, 1.807) is 0 Å². The summed E-state index contributed by atoms with van der Waals surface area (Å²) in [6.07, 6.45) is 7.49. The van der Waals surface area contributed by atoms with E-state index in [1.807, 2.05) is 0 Å². The Kier molecular flexibility index (Phi) is 6.68. The van der Waals surface area contributed by atoms with E-state index in [9.17, 15) is 18.4 Å². The maximum atomic E-state index is 12.7. The molecule has 0 aromatic heterocycles. The van der Waals surface area contributed by atoms with E-state index < -0.39 is 24.1 Å². The van der Waals surface area contributed by atoms with Crippen LogP contribution in [0.15, 0.2) is 72.9 Å². The van der Waals surface area contributed by atoms with E-state index in [4.69, 9.17) is 0 Å². The summed E-state index contributed by atoms with van der Waals surface area (Å²) in [6, 6.07) is 4.98. The minimum absolute atomic E-state index is 0.214. The van der Waals surface area contributed by atoms with Crippen molar-refractivity contribution in [2.45, 2.75) is 0 Å². The van der Waals surface area contributed by atoms with E-state index in [1.165, 1.54) is 36.4 Å². The molecule has 1 aromatic rings. The van der Waals surface area contributed by atoms with E-state index >= 15 is 0 Å².